The minimum Gasteiger partial charge on any atom is -0.310 e. The molecule has 0 saturated heterocycles. The molecule has 0 radical (unpaired) electrons. The fraction of sp³-hybridized carbons (Fsp3) is 0.156. The second-order valence-electron chi connectivity index (χ2n) is 19.7. The van der Waals surface area contributed by atoms with Gasteiger partial charge in [-0.3, -0.25) is 0 Å². The van der Waals surface area contributed by atoms with Crippen LogP contribution in [0.25, 0.3) is 60.3 Å². The molecule has 2 aliphatic rings. The molecule has 0 amide bonds. The number of benzene rings is 9. The van der Waals surface area contributed by atoms with E-state index in [0.717, 1.165) is 23.5 Å². The first-order valence-electron chi connectivity index (χ1n) is 24.2. The van der Waals surface area contributed by atoms with Gasteiger partial charge in [-0.25, -0.2) is 0 Å². The molecular formula is C64H53N3. The first-order valence-corrected chi connectivity index (χ1v) is 24.2. The molecule has 2 atom stereocenters. The third-order valence-corrected chi connectivity index (χ3v) is 15.4. The van der Waals surface area contributed by atoms with Crippen molar-refractivity contribution in [1.29, 1.82) is 0 Å². The van der Waals surface area contributed by atoms with Gasteiger partial charge < -0.3 is 14.2 Å². The van der Waals surface area contributed by atoms with Crippen LogP contribution in [0.5, 0.6) is 0 Å². The Labute approximate surface area is 393 Å². The van der Waals surface area contributed by atoms with E-state index in [-0.39, 0.29) is 0 Å². The summed E-state index contributed by atoms with van der Waals surface area (Å²) in [5.41, 5.74) is 23.3. The van der Waals surface area contributed by atoms with Gasteiger partial charge in [0.2, 0.25) is 0 Å². The minimum atomic E-state index is 0.299. The summed E-state index contributed by atoms with van der Waals surface area (Å²) < 4.78 is 2.58. The highest BCUT2D eigenvalue weighted by Gasteiger charge is 2.38. The van der Waals surface area contributed by atoms with Gasteiger partial charge in [-0.05, 0) is 153 Å². The Morgan fingerprint density at radius 1 is 0.448 bits per heavy atom. The lowest BCUT2D eigenvalue weighted by molar-refractivity contribution is 0.576. The van der Waals surface area contributed by atoms with Gasteiger partial charge in [-0.2, -0.15) is 0 Å². The quantitative estimate of drug-likeness (QED) is 0.151. The highest BCUT2D eigenvalue weighted by atomic mass is 15.2. The van der Waals surface area contributed by atoms with E-state index >= 15 is 0 Å². The van der Waals surface area contributed by atoms with E-state index in [2.05, 4.69) is 243 Å². The van der Waals surface area contributed by atoms with Crippen LogP contribution >= 0.6 is 0 Å². The first kappa shape index (κ1) is 39.7. The van der Waals surface area contributed by atoms with Crippen molar-refractivity contribution in [2.45, 2.75) is 64.7 Å². The monoisotopic (exact) mass is 863 g/mol. The third-order valence-electron chi connectivity index (χ3n) is 15.4. The van der Waals surface area contributed by atoms with Gasteiger partial charge in [0.1, 0.15) is 0 Å². The van der Waals surface area contributed by atoms with Gasteiger partial charge in [0, 0.05) is 49.9 Å². The summed E-state index contributed by atoms with van der Waals surface area (Å²) in [5, 5.41) is 5.18. The Balaban J connectivity index is 1.07. The first-order chi connectivity index (χ1) is 32.8. The molecule has 0 fully saturated rings. The fourth-order valence-corrected chi connectivity index (χ4v) is 12.0. The van der Waals surface area contributed by atoms with Gasteiger partial charge in [0.25, 0.3) is 0 Å². The predicted octanol–water partition coefficient (Wildman–Crippen LogP) is 18.1. The van der Waals surface area contributed by atoms with E-state index in [1.807, 2.05) is 0 Å². The second kappa shape index (κ2) is 15.2. The average Bonchev–Trinajstić information content (AvgIpc) is 3.85. The number of hydrogen-bond donors (Lipinski definition) is 0. The van der Waals surface area contributed by atoms with Crippen molar-refractivity contribution in [2.24, 2.45) is 0 Å². The van der Waals surface area contributed by atoms with Crippen LogP contribution in [0, 0.1) is 0 Å². The fourth-order valence-electron chi connectivity index (χ4n) is 12.0. The normalized spacial score (nSPS) is 15.1. The van der Waals surface area contributed by atoms with Crippen molar-refractivity contribution in [2.75, 3.05) is 9.80 Å². The number of hydrogen-bond acceptors (Lipinski definition) is 2. The van der Waals surface area contributed by atoms with E-state index < -0.39 is 0 Å². The van der Waals surface area contributed by atoms with E-state index in [1.54, 1.807) is 0 Å². The Hall–Kier alpha value is -7.62. The number of nitrogens with zero attached hydrogens (tertiary/aromatic N) is 3. The number of para-hydroxylation sites is 3. The number of rotatable bonds is 8. The number of aromatic nitrogens is 1. The average molecular weight is 864 g/mol. The third kappa shape index (κ3) is 5.97. The van der Waals surface area contributed by atoms with Crippen molar-refractivity contribution in [3.05, 3.63) is 222 Å². The van der Waals surface area contributed by atoms with Gasteiger partial charge >= 0.3 is 0 Å². The predicted molar refractivity (Wildman–Crippen MR) is 284 cm³/mol. The molecule has 3 heteroatoms. The van der Waals surface area contributed by atoms with Crippen LogP contribution in [-0.2, 0) is 6.42 Å². The minimum absolute atomic E-state index is 0.299. The Bertz CT molecular complexity index is 3670. The summed E-state index contributed by atoms with van der Waals surface area (Å²) in [6, 6.07) is 73.4. The smallest absolute Gasteiger partial charge is 0.0641 e. The largest absolute Gasteiger partial charge is 0.310 e. The number of fused-ring (bicyclic) bond motifs is 12. The standard InChI is InChI=1S/C64H53N3/c1-39(2)42-24-28-46(29-25-42)65(44-16-8-6-9-17-44)59-34-32-49-55-38-61-56(36-54(55)41(5)53-37-57(49)62(59)50-21-13-12-20-48(50)53)51-33-35-60(63-52-22-14-15-23-58(52)67(61)64(51)63)66(45-18-10-7-11-19-45)47-30-26-43(27-31-47)40(3)4/h6-36,38-41,53H,37H2,1-5H3. The SMILES string of the molecule is CC(C)c1ccc(N(c2ccccc2)c2ccc3c4c2-c2ccccc2C(C4)C(C)c2cc4c5ccc(N(c6ccccc6)c6ccc(C(C)C)cc6)c6c7ccccc7n(c4cc2-3)c56)cc1. The van der Waals surface area contributed by atoms with Crippen LogP contribution in [0.15, 0.2) is 194 Å². The molecule has 324 valence electrons. The maximum atomic E-state index is 2.58. The number of anilines is 6. The molecule has 2 bridgehead atoms. The molecule has 0 saturated carbocycles. The van der Waals surface area contributed by atoms with E-state index in [1.165, 1.54) is 105 Å². The summed E-state index contributed by atoms with van der Waals surface area (Å²) in [7, 11) is 0. The summed E-state index contributed by atoms with van der Waals surface area (Å²) in [6.07, 6.45) is 0.995. The molecule has 2 heterocycles. The summed E-state index contributed by atoms with van der Waals surface area (Å²) >= 11 is 0. The maximum absolute atomic E-state index is 2.58. The molecule has 2 aliphatic carbocycles. The summed E-state index contributed by atoms with van der Waals surface area (Å²) in [5.74, 6) is 1.57. The molecule has 13 rings (SSSR count). The van der Waals surface area contributed by atoms with Crippen molar-refractivity contribution >= 4 is 72.2 Å². The van der Waals surface area contributed by atoms with Crippen LogP contribution in [-0.4, -0.2) is 4.40 Å². The van der Waals surface area contributed by atoms with Crippen LogP contribution in [0.4, 0.5) is 34.1 Å². The second-order valence-corrected chi connectivity index (χ2v) is 19.7. The van der Waals surface area contributed by atoms with Crippen LogP contribution in [0.1, 0.15) is 86.1 Å². The molecule has 2 aromatic heterocycles. The Morgan fingerprint density at radius 2 is 1.01 bits per heavy atom. The topological polar surface area (TPSA) is 10.9 Å². The van der Waals surface area contributed by atoms with Gasteiger partial charge in [-0.15, -0.1) is 0 Å². The molecule has 11 aromatic rings. The zero-order valence-corrected chi connectivity index (χ0v) is 38.8. The van der Waals surface area contributed by atoms with Crippen LogP contribution in [0.2, 0.25) is 0 Å². The lowest BCUT2D eigenvalue weighted by Crippen LogP contribution is -2.18. The molecule has 0 aliphatic heterocycles. The summed E-state index contributed by atoms with van der Waals surface area (Å²) in [6.45, 7) is 11.6. The maximum Gasteiger partial charge on any atom is 0.0641 e. The highest BCUT2D eigenvalue weighted by Crippen LogP contribution is 2.58. The molecule has 0 N–H and O–H groups in total. The van der Waals surface area contributed by atoms with Gasteiger partial charge in [-0.1, -0.05) is 150 Å². The van der Waals surface area contributed by atoms with Crippen LogP contribution in [0.3, 0.4) is 0 Å². The lowest BCUT2D eigenvalue weighted by atomic mass is 9.72. The lowest BCUT2D eigenvalue weighted by Gasteiger charge is -2.35. The van der Waals surface area contributed by atoms with Crippen molar-refractivity contribution in [1.82, 2.24) is 4.40 Å². The van der Waals surface area contributed by atoms with E-state index in [9.17, 15) is 0 Å². The molecular weight excluding hydrogens is 811 g/mol. The molecule has 2 unspecified atom stereocenters. The van der Waals surface area contributed by atoms with Crippen molar-refractivity contribution in [3.63, 3.8) is 0 Å². The molecule has 3 nitrogen and oxygen atoms in total. The van der Waals surface area contributed by atoms with Gasteiger partial charge in [0.15, 0.2) is 0 Å². The molecule has 67 heavy (non-hydrogen) atoms. The zero-order valence-electron chi connectivity index (χ0n) is 38.8. The Kier molecular flexibility index (Phi) is 9.02. The van der Waals surface area contributed by atoms with E-state index in [0.29, 0.717) is 23.7 Å². The van der Waals surface area contributed by atoms with Crippen LogP contribution < -0.4 is 9.80 Å². The van der Waals surface area contributed by atoms with Crippen molar-refractivity contribution < 1.29 is 0 Å². The molecule has 9 aromatic carbocycles. The molecule has 0 spiro atoms. The Morgan fingerprint density at radius 3 is 1.67 bits per heavy atom. The zero-order chi connectivity index (χ0) is 45.1. The highest BCUT2D eigenvalue weighted by molar-refractivity contribution is 6.27. The summed E-state index contributed by atoms with van der Waals surface area (Å²) in [4.78, 5) is 4.95. The van der Waals surface area contributed by atoms with Gasteiger partial charge in [0.05, 0.1) is 27.9 Å². The van der Waals surface area contributed by atoms with Crippen molar-refractivity contribution in [3.8, 4) is 22.3 Å². The van der Waals surface area contributed by atoms with E-state index in [4.69, 9.17) is 0 Å².